The van der Waals surface area contributed by atoms with Crippen molar-refractivity contribution in [3.63, 3.8) is 0 Å². The molecule has 106 valence electrons. The van der Waals surface area contributed by atoms with Crippen LogP contribution in [0.25, 0.3) is 0 Å². The highest BCUT2D eigenvalue weighted by Crippen LogP contribution is 2.28. The summed E-state index contributed by atoms with van der Waals surface area (Å²) in [6.07, 6.45) is 2.32. The van der Waals surface area contributed by atoms with Gasteiger partial charge in [0.15, 0.2) is 6.04 Å². The third kappa shape index (κ3) is 3.28. The molecule has 20 heavy (non-hydrogen) atoms. The molecule has 1 saturated heterocycles. The first-order valence-corrected chi connectivity index (χ1v) is 8.20. The van der Waals surface area contributed by atoms with Crippen molar-refractivity contribution >= 4 is 35.0 Å². The van der Waals surface area contributed by atoms with E-state index in [9.17, 15) is 0 Å². The van der Waals surface area contributed by atoms with Crippen LogP contribution >= 0.6 is 35.0 Å². The zero-order valence-electron chi connectivity index (χ0n) is 10.7. The topological polar surface area (TPSA) is 55.5 Å². The molecular formula is C13H14Cl2N3OS+. The maximum Gasteiger partial charge on any atom is 0.277 e. The van der Waals surface area contributed by atoms with Crippen molar-refractivity contribution in [2.75, 3.05) is 6.54 Å². The average molecular weight is 331 g/mol. The van der Waals surface area contributed by atoms with Gasteiger partial charge in [-0.15, -0.1) is 10.2 Å². The molecule has 0 aliphatic carbocycles. The molecule has 7 heteroatoms. The van der Waals surface area contributed by atoms with Crippen LogP contribution in [0, 0.1) is 0 Å². The van der Waals surface area contributed by atoms with Crippen LogP contribution in [0.3, 0.4) is 0 Å². The summed E-state index contributed by atoms with van der Waals surface area (Å²) < 4.78 is 5.69. The number of rotatable bonds is 4. The molecule has 0 radical (unpaired) electrons. The van der Waals surface area contributed by atoms with Gasteiger partial charge in [-0.3, -0.25) is 0 Å². The molecule has 2 aromatic rings. The van der Waals surface area contributed by atoms with Crippen LogP contribution < -0.4 is 5.32 Å². The zero-order valence-corrected chi connectivity index (χ0v) is 13.0. The van der Waals surface area contributed by atoms with E-state index in [1.165, 1.54) is 18.2 Å². The number of thioether (sulfide) groups is 1. The van der Waals surface area contributed by atoms with E-state index in [2.05, 4.69) is 15.5 Å². The molecule has 1 unspecified atom stereocenters. The van der Waals surface area contributed by atoms with Gasteiger partial charge >= 0.3 is 0 Å². The van der Waals surface area contributed by atoms with Gasteiger partial charge in [0.2, 0.25) is 0 Å². The second-order valence-electron chi connectivity index (χ2n) is 4.72. The Bertz CT molecular complexity index is 599. The average Bonchev–Trinajstić information content (AvgIpc) is 3.09. The Morgan fingerprint density at radius 3 is 2.95 bits per heavy atom. The van der Waals surface area contributed by atoms with Crippen LogP contribution in [0.2, 0.25) is 10.0 Å². The van der Waals surface area contributed by atoms with Gasteiger partial charge in [-0.25, -0.2) is 0 Å². The van der Waals surface area contributed by atoms with Crippen molar-refractivity contribution in [1.29, 1.82) is 0 Å². The second kappa shape index (κ2) is 6.35. The first kappa shape index (κ1) is 14.2. The molecule has 4 nitrogen and oxygen atoms in total. The molecule has 1 aliphatic rings. The third-order valence-electron chi connectivity index (χ3n) is 3.26. The molecule has 0 saturated carbocycles. The quantitative estimate of drug-likeness (QED) is 0.875. The Hall–Kier alpha value is -0.750. The van der Waals surface area contributed by atoms with Gasteiger partial charge in [-0.05, 0) is 17.7 Å². The lowest BCUT2D eigenvalue weighted by atomic mass is 10.2. The van der Waals surface area contributed by atoms with E-state index in [1.807, 2.05) is 12.1 Å². The van der Waals surface area contributed by atoms with Gasteiger partial charge in [0, 0.05) is 18.6 Å². The lowest BCUT2D eigenvalue weighted by Gasteiger charge is -2.01. The smallest absolute Gasteiger partial charge is 0.277 e. The van der Waals surface area contributed by atoms with Crippen molar-refractivity contribution in [3.05, 3.63) is 39.7 Å². The monoisotopic (exact) mass is 330 g/mol. The number of hydrogen-bond donors (Lipinski definition) is 1. The summed E-state index contributed by atoms with van der Waals surface area (Å²) in [7, 11) is 0. The minimum absolute atomic E-state index is 0.335. The lowest BCUT2D eigenvalue weighted by Crippen LogP contribution is -2.81. The molecule has 2 heterocycles. The molecule has 0 amide bonds. The van der Waals surface area contributed by atoms with E-state index in [4.69, 9.17) is 27.6 Å². The first-order chi connectivity index (χ1) is 9.72. The number of hydrogen-bond acceptors (Lipinski definition) is 4. The molecule has 3 rings (SSSR count). The zero-order chi connectivity index (χ0) is 13.9. The van der Waals surface area contributed by atoms with E-state index >= 15 is 0 Å². The van der Waals surface area contributed by atoms with Crippen LogP contribution in [0.15, 0.2) is 27.8 Å². The van der Waals surface area contributed by atoms with Crippen LogP contribution in [0.4, 0.5) is 0 Å². The highest BCUT2D eigenvalue weighted by atomic mass is 35.5. The number of nitrogens with zero attached hydrogens (tertiary/aromatic N) is 2. The summed E-state index contributed by atoms with van der Waals surface area (Å²) in [5, 5.41) is 12.2. The van der Waals surface area contributed by atoms with E-state index in [1.54, 1.807) is 6.07 Å². The van der Waals surface area contributed by atoms with Crippen molar-refractivity contribution in [2.45, 2.75) is 29.9 Å². The van der Waals surface area contributed by atoms with Gasteiger partial charge in [0.05, 0.1) is 16.6 Å². The van der Waals surface area contributed by atoms with Gasteiger partial charge < -0.3 is 9.73 Å². The summed E-state index contributed by atoms with van der Waals surface area (Å²) in [6, 6.07) is 5.94. The van der Waals surface area contributed by atoms with Crippen LogP contribution in [-0.4, -0.2) is 16.7 Å². The summed E-state index contributed by atoms with van der Waals surface area (Å²) >= 11 is 13.4. The van der Waals surface area contributed by atoms with E-state index in [-0.39, 0.29) is 0 Å². The SMILES string of the molecule is Clc1ccc(CSc2nnc(C3CCC[NH2+]3)o2)cc1Cl. The Morgan fingerprint density at radius 2 is 2.20 bits per heavy atom. The predicted octanol–water partition coefficient (Wildman–Crippen LogP) is 3.07. The van der Waals surface area contributed by atoms with Gasteiger partial charge in [-0.1, -0.05) is 41.0 Å². The third-order valence-corrected chi connectivity index (χ3v) is 4.88. The van der Waals surface area contributed by atoms with Crippen molar-refractivity contribution < 1.29 is 9.73 Å². The highest BCUT2D eigenvalue weighted by molar-refractivity contribution is 7.98. The van der Waals surface area contributed by atoms with Crippen molar-refractivity contribution in [1.82, 2.24) is 10.2 Å². The first-order valence-electron chi connectivity index (χ1n) is 6.46. The lowest BCUT2D eigenvalue weighted by molar-refractivity contribution is -0.678. The largest absolute Gasteiger partial charge is 0.410 e. The number of nitrogens with two attached hydrogens (primary N) is 1. The molecular weight excluding hydrogens is 317 g/mol. The maximum atomic E-state index is 5.99. The molecule has 0 spiro atoms. The summed E-state index contributed by atoms with van der Waals surface area (Å²) in [5.41, 5.74) is 1.08. The molecule has 1 fully saturated rings. The fourth-order valence-corrected chi connectivity index (χ4v) is 3.24. The summed E-state index contributed by atoms with van der Waals surface area (Å²) in [4.78, 5) is 0. The van der Waals surface area contributed by atoms with Crippen LogP contribution in [0.1, 0.15) is 30.3 Å². The molecule has 1 aliphatic heterocycles. The Labute approximate surface area is 131 Å². The molecule has 1 atom stereocenters. The normalized spacial score (nSPS) is 18.6. The second-order valence-corrected chi connectivity index (χ2v) is 6.46. The molecule has 2 N–H and O–H groups in total. The van der Waals surface area contributed by atoms with Crippen LogP contribution in [-0.2, 0) is 5.75 Å². The summed E-state index contributed by atoms with van der Waals surface area (Å²) in [5.74, 6) is 1.46. The fourth-order valence-electron chi connectivity index (χ4n) is 2.20. The number of quaternary nitrogens is 1. The predicted molar refractivity (Wildman–Crippen MR) is 79.1 cm³/mol. The minimum Gasteiger partial charge on any atom is -0.410 e. The van der Waals surface area contributed by atoms with Gasteiger partial charge in [-0.2, -0.15) is 0 Å². The number of halogens is 2. The van der Waals surface area contributed by atoms with Crippen LogP contribution in [0.5, 0.6) is 0 Å². The van der Waals surface area contributed by atoms with Crippen molar-refractivity contribution in [3.8, 4) is 0 Å². The van der Waals surface area contributed by atoms with E-state index in [0.29, 0.717) is 21.3 Å². The number of benzene rings is 1. The highest BCUT2D eigenvalue weighted by Gasteiger charge is 2.26. The van der Waals surface area contributed by atoms with Gasteiger partial charge in [0.25, 0.3) is 11.1 Å². The molecule has 1 aromatic heterocycles. The van der Waals surface area contributed by atoms with Crippen molar-refractivity contribution in [2.24, 2.45) is 0 Å². The van der Waals surface area contributed by atoms with Gasteiger partial charge in [0.1, 0.15) is 0 Å². The van der Waals surface area contributed by atoms with E-state index in [0.717, 1.165) is 30.2 Å². The number of aromatic nitrogens is 2. The molecule has 1 aromatic carbocycles. The Kier molecular flexibility index (Phi) is 4.51. The Morgan fingerprint density at radius 1 is 1.30 bits per heavy atom. The Balaban J connectivity index is 1.61. The molecule has 0 bridgehead atoms. The van der Waals surface area contributed by atoms with E-state index < -0.39 is 0 Å². The minimum atomic E-state index is 0.335. The fraction of sp³-hybridized carbons (Fsp3) is 0.385. The standard InChI is InChI=1S/C13H13Cl2N3OS/c14-9-4-3-8(6-10(9)15)7-20-13-18-17-12(19-13)11-2-1-5-16-11/h3-4,6,11,16H,1-2,5,7H2/p+1. The summed E-state index contributed by atoms with van der Waals surface area (Å²) in [6.45, 7) is 1.14. The maximum absolute atomic E-state index is 5.99.